The van der Waals surface area contributed by atoms with Gasteiger partial charge in [0.25, 0.3) is 0 Å². The molecule has 5 rings (SSSR count). The van der Waals surface area contributed by atoms with Crippen LogP contribution in [-0.2, 0) is 11.2 Å². The van der Waals surface area contributed by atoms with Gasteiger partial charge in [0.1, 0.15) is 5.78 Å². The van der Waals surface area contributed by atoms with Crippen molar-refractivity contribution >= 4 is 39.0 Å². The zero-order valence-corrected chi connectivity index (χ0v) is 25.5. The van der Waals surface area contributed by atoms with Gasteiger partial charge in [-0.2, -0.15) is 0 Å². The van der Waals surface area contributed by atoms with Crippen molar-refractivity contribution in [2.75, 3.05) is 56.5 Å². The number of halogens is 1. The number of carbonyl (C=O) groups excluding carboxylic acids is 1. The number of likely N-dealkylation sites (N-methyl/N-ethyl adjacent to an activating group) is 1. The first-order chi connectivity index (χ1) is 18.9. The number of Topliss-reactive ketones (excluding diaryl/α,β-unsaturated/α-hetero) is 1. The largest absolute Gasteiger partial charge is 0.371 e. The van der Waals surface area contributed by atoms with E-state index in [2.05, 4.69) is 86.1 Å². The van der Waals surface area contributed by atoms with E-state index >= 15 is 0 Å². The quantitative estimate of drug-likeness (QED) is 0.394. The van der Waals surface area contributed by atoms with Crippen molar-refractivity contribution in [2.45, 2.75) is 64.8 Å². The maximum atomic E-state index is 12.8. The van der Waals surface area contributed by atoms with Crippen LogP contribution in [0.15, 0.2) is 34.9 Å². The van der Waals surface area contributed by atoms with Crippen molar-refractivity contribution in [2.24, 2.45) is 17.8 Å². The number of piperidine rings is 1. The van der Waals surface area contributed by atoms with E-state index in [-0.39, 0.29) is 5.92 Å². The number of benzene rings is 1. The third-order valence-electron chi connectivity index (χ3n) is 8.96. The number of ketones is 1. The normalized spacial score (nSPS) is 23.5. The molecule has 212 valence electrons. The summed E-state index contributed by atoms with van der Waals surface area (Å²) in [6.45, 7) is 11.3. The second-order valence-corrected chi connectivity index (χ2v) is 13.1. The standard InChI is InChI=1S/C31H45BrN6O/c1-22(2)19-30(39)27-6-4-5-23(27)20-29-28(32)21-33-31(35-29)34-24-7-9-25(10-8-24)37-13-11-26(12-14-37)38-17-15-36(3)16-18-38/h7-10,21-23,26-27H,4-6,11-20H2,1-3H3,(H,33,34,35)/t23-,27-/m0/s1. The summed E-state index contributed by atoms with van der Waals surface area (Å²) in [6.07, 6.45) is 9.06. The molecule has 0 bridgehead atoms. The van der Waals surface area contributed by atoms with Crippen LogP contribution in [0.3, 0.4) is 0 Å². The SMILES string of the molecule is CC(C)CC(=O)[C@H]1CCC[C@H]1Cc1nc(Nc2ccc(N3CCC(N4CCN(C)CC4)CC3)cc2)ncc1Br. The third kappa shape index (κ3) is 7.39. The Morgan fingerprint density at radius 1 is 1.03 bits per heavy atom. The zero-order chi connectivity index (χ0) is 27.4. The average Bonchev–Trinajstić information content (AvgIpc) is 3.40. The van der Waals surface area contributed by atoms with E-state index in [9.17, 15) is 4.79 Å². The summed E-state index contributed by atoms with van der Waals surface area (Å²) in [5.74, 6) is 2.00. The number of nitrogens with one attached hydrogen (secondary N) is 1. The van der Waals surface area contributed by atoms with Gasteiger partial charge in [-0.25, -0.2) is 9.97 Å². The Hall–Kier alpha value is -2.03. The molecule has 1 saturated carbocycles. The lowest BCUT2D eigenvalue weighted by Gasteiger charge is -2.42. The topological polar surface area (TPSA) is 64.6 Å². The van der Waals surface area contributed by atoms with Crippen molar-refractivity contribution in [1.82, 2.24) is 19.8 Å². The maximum absolute atomic E-state index is 12.8. The van der Waals surface area contributed by atoms with Crippen LogP contribution < -0.4 is 10.2 Å². The first-order valence-electron chi connectivity index (χ1n) is 14.9. The number of aromatic nitrogens is 2. The number of rotatable bonds is 9. The molecule has 2 aromatic rings. The second kappa shape index (κ2) is 13.1. The van der Waals surface area contributed by atoms with E-state index in [1.54, 1.807) is 0 Å². The maximum Gasteiger partial charge on any atom is 0.227 e. The Balaban J connectivity index is 1.16. The van der Waals surface area contributed by atoms with Crippen LogP contribution in [0.4, 0.5) is 17.3 Å². The van der Waals surface area contributed by atoms with Crippen LogP contribution in [0.1, 0.15) is 58.1 Å². The monoisotopic (exact) mass is 596 g/mol. The van der Waals surface area contributed by atoms with Gasteiger partial charge in [-0.15, -0.1) is 0 Å². The van der Waals surface area contributed by atoms with Gasteiger partial charge in [-0.1, -0.05) is 20.3 Å². The van der Waals surface area contributed by atoms with Gasteiger partial charge >= 0.3 is 0 Å². The highest BCUT2D eigenvalue weighted by Crippen LogP contribution is 2.37. The van der Waals surface area contributed by atoms with Crippen LogP contribution in [0, 0.1) is 17.8 Å². The summed E-state index contributed by atoms with van der Waals surface area (Å²) in [6, 6.07) is 9.41. The van der Waals surface area contributed by atoms with E-state index < -0.39 is 0 Å². The molecular weight excluding hydrogens is 552 g/mol. The van der Waals surface area contributed by atoms with Gasteiger partial charge in [0.15, 0.2) is 0 Å². The predicted molar refractivity (Wildman–Crippen MR) is 163 cm³/mol. The second-order valence-electron chi connectivity index (χ2n) is 12.3. The molecule has 1 aliphatic carbocycles. The lowest BCUT2D eigenvalue weighted by atomic mass is 9.85. The lowest BCUT2D eigenvalue weighted by Crippen LogP contribution is -2.52. The molecule has 0 radical (unpaired) electrons. The molecule has 0 amide bonds. The number of carbonyl (C=O) groups is 1. The highest BCUT2D eigenvalue weighted by atomic mass is 79.9. The molecule has 39 heavy (non-hydrogen) atoms. The van der Waals surface area contributed by atoms with Crippen molar-refractivity contribution < 1.29 is 4.79 Å². The van der Waals surface area contributed by atoms with Crippen LogP contribution in [0.25, 0.3) is 0 Å². The summed E-state index contributed by atoms with van der Waals surface area (Å²) >= 11 is 3.66. The molecule has 8 heteroatoms. The van der Waals surface area contributed by atoms with E-state index in [1.165, 1.54) is 44.7 Å². The number of hydrogen-bond acceptors (Lipinski definition) is 7. The predicted octanol–water partition coefficient (Wildman–Crippen LogP) is 5.77. The molecule has 2 atom stereocenters. The van der Waals surface area contributed by atoms with Crippen molar-refractivity contribution in [1.29, 1.82) is 0 Å². The molecule has 2 aliphatic heterocycles. The first kappa shape index (κ1) is 28.5. The molecule has 0 spiro atoms. The van der Waals surface area contributed by atoms with Crippen LogP contribution in [-0.4, -0.2) is 77.9 Å². The zero-order valence-electron chi connectivity index (χ0n) is 23.9. The molecule has 2 saturated heterocycles. The number of anilines is 3. The number of piperazine rings is 1. The molecule has 3 aliphatic rings. The van der Waals surface area contributed by atoms with Crippen LogP contribution in [0.5, 0.6) is 0 Å². The molecule has 1 aromatic carbocycles. The van der Waals surface area contributed by atoms with Crippen molar-refractivity contribution in [3.05, 3.63) is 40.6 Å². The minimum atomic E-state index is 0.171. The summed E-state index contributed by atoms with van der Waals surface area (Å²) in [5, 5.41) is 3.40. The van der Waals surface area contributed by atoms with Gasteiger partial charge in [-0.3, -0.25) is 9.69 Å². The Morgan fingerprint density at radius 2 is 1.74 bits per heavy atom. The number of hydrogen-bond donors (Lipinski definition) is 1. The van der Waals surface area contributed by atoms with E-state index in [1.807, 2.05) is 6.20 Å². The minimum Gasteiger partial charge on any atom is -0.371 e. The Morgan fingerprint density at radius 3 is 2.44 bits per heavy atom. The molecular formula is C31H45BrN6O. The number of nitrogens with zero attached hydrogens (tertiary/aromatic N) is 5. The van der Waals surface area contributed by atoms with Crippen LogP contribution >= 0.6 is 15.9 Å². The summed E-state index contributed by atoms with van der Waals surface area (Å²) < 4.78 is 0.922. The Labute approximate surface area is 242 Å². The van der Waals surface area contributed by atoms with E-state index in [0.717, 1.165) is 60.7 Å². The lowest BCUT2D eigenvalue weighted by molar-refractivity contribution is -0.124. The van der Waals surface area contributed by atoms with Crippen molar-refractivity contribution in [3.8, 4) is 0 Å². The highest BCUT2D eigenvalue weighted by Gasteiger charge is 2.33. The fourth-order valence-electron chi connectivity index (χ4n) is 6.67. The highest BCUT2D eigenvalue weighted by molar-refractivity contribution is 9.10. The Kier molecular flexibility index (Phi) is 9.56. The Bertz CT molecular complexity index is 1090. The summed E-state index contributed by atoms with van der Waals surface area (Å²) in [4.78, 5) is 29.9. The van der Waals surface area contributed by atoms with Gasteiger partial charge in [-0.05, 0) is 91.2 Å². The third-order valence-corrected chi connectivity index (χ3v) is 9.62. The molecule has 3 heterocycles. The van der Waals surface area contributed by atoms with Crippen molar-refractivity contribution in [3.63, 3.8) is 0 Å². The van der Waals surface area contributed by atoms with Crippen LogP contribution in [0.2, 0.25) is 0 Å². The van der Waals surface area contributed by atoms with Gasteiger partial charge in [0.05, 0.1) is 10.2 Å². The fourth-order valence-corrected chi connectivity index (χ4v) is 7.03. The molecule has 1 N–H and O–H groups in total. The van der Waals surface area contributed by atoms with Gasteiger partial charge in [0.2, 0.25) is 5.95 Å². The average molecular weight is 598 g/mol. The smallest absolute Gasteiger partial charge is 0.227 e. The van der Waals surface area contributed by atoms with Gasteiger partial charge < -0.3 is 15.1 Å². The summed E-state index contributed by atoms with van der Waals surface area (Å²) in [5.41, 5.74) is 3.26. The van der Waals surface area contributed by atoms with Gasteiger partial charge in [0, 0.05) is 75.2 Å². The molecule has 3 fully saturated rings. The summed E-state index contributed by atoms with van der Waals surface area (Å²) in [7, 11) is 2.23. The molecule has 1 aromatic heterocycles. The first-order valence-corrected chi connectivity index (χ1v) is 15.7. The minimum absolute atomic E-state index is 0.171. The molecule has 0 unspecified atom stereocenters. The molecule has 7 nitrogen and oxygen atoms in total. The van der Waals surface area contributed by atoms with E-state index in [4.69, 9.17) is 4.98 Å². The van der Waals surface area contributed by atoms with E-state index in [0.29, 0.717) is 30.0 Å². The fraction of sp³-hybridized carbons (Fsp3) is 0.645.